The van der Waals surface area contributed by atoms with Crippen LogP contribution in [0.25, 0.3) is 0 Å². The Morgan fingerprint density at radius 3 is 2.64 bits per heavy atom. The van der Waals surface area contributed by atoms with E-state index in [-0.39, 0.29) is 5.78 Å². The van der Waals surface area contributed by atoms with Gasteiger partial charge in [-0.25, -0.2) is 0 Å². The fourth-order valence-corrected chi connectivity index (χ4v) is 2.10. The summed E-state index contributed by atoms with van der Waals surface area (Å²) in [5.74, 6) is 1.04. The molecule has 0 saturated carbocycles. The summed E-state index contributed by atoms with van der Waals surface area (Å²) in [5, 5.41) is 0. The third kappa shape index (κ3) is 7.33. The number of rotatable bonds is 6. The summed E-state index contributed by atoms with van der Waals surface area (Å²) >= 11 is 6.82. The number of Topliss-reactive ketones (excluding diaryl/α,β-unsaturated/α-hetero) is 1. The molecule has 0 aliphatic carbocycles. The van der Waals surface area contributed by atoms with Crippen LogP contribution in [0.5, 0.6) is 0 Å². The van der Waals surface area contributed by atoms with Gasteiger partial charge in [0, 0.05) is 25.8 Å². The highest BCUT2D eigenvalue weighted by Crippen LogP contribution is 2.10. The van der Waals surface area contributed by atoms with Crippen LogP contribution in [-0.4, -0.2) is 34.3 Å². The predicted molar refractivity (Wildman–Crippen MR) is 67.9 cm³/mol. The Balaban J connectivity index is 3.56. The first-order valence-corrected chi connectivity index (χ1v) is 6.34. The molecule has 0 saturated heterocycles. The zero-order valence-electron chi connectivity index (χ0n) is 9.21. The lowest BCUT2D eigenvalue weighted by atomic mass is 10.3. The van der Waals surface area contributed by atoms with Gasteiger partial charge in [-0.1, -0.05) is 37.3 Å². The van der Waals surface area contributed by atoms with E-state index >= 15 is 0 Å². The van der Waals surface area contributed by atoms with Crippen molar-refractivity contribution in [2.45, 2.75) is 33.1 Å². The van der Waals surface area contributed by atoms with E-state index < -0.39 is 0 Å². The van der Waals surface area contributed by atoms with Crippen molar-refractivity contribution in [3.8, 4) is 0 Å². The Morgan fingerprint density at radius 2 is 2.14 bits per heavy atom. The third-order valence-corrected chi connectivity index (χ3v) is 3.47. The van der Waals surface area contributed by atoms with Gasteiger partial charge in [0.2, 0.25) is 0 Å². The second kappa shape index (κ2) is 8.24. The SMILES string of the molecule is CCCCN(C)C(=S)SCCC(C)=O. The van der Waals surface area contributed by atoms with E-state index in [1.54, 1.807) is 18.7 Å². The minimum absolute atomic E-state index is 0.233. The van der Waals surface area contributed by atoms with Gasteiger partial charge in [-0.15, -0.1) is 0 Å². The standard InChI is InChI=1S/C10H19NOS2/c1-4-5-7-11(3)10(13)14-8-6-9(2)12/h4-8H2,1-3H3. The molecule has 14 heavy (non-hydrogen) atoms. The Hall–Kier alpha value is -0.0900. The van der Waals surface area contributed by atoms with Crippen LogP contribution in [0.3, 0.4) is 0 Å². The number of nitrogens with zero attached hydrogens (tertiary/aromatic N) is 1. The number of hydrogen-bond acceptors (Lipinski definition) is 3. The van der Waals surface area contributed by atoms with Crippen LogP contribution in [0.15, 0.2) is 0 Å². The maximum atomic E-state index is 10.7. The number of ketones is 1. The summed E-state index contributed by atoms with van der Waals surface area (Å²) in [7, 11) is 2.01. The smallest absolute Gasteiger partial charge is 0.136 e. The molecule has 0 fully saturated rings. The van der Waals surface area contributed by atoms with Crippen LogP contribution < -0.4 is 0 Å². The molecular formula is C10H19NOS2. The Labute approximate surface area is 96.4 Å². The molecule has 0 bridgehead atoms. The third-order valence-electron chi connectivity index (χ3n) is 1.84. The van der Waals surface area contributed by atoms with Gasteiger partial charge in [-0.05, 0) is 13.3 Å². The highest BCUT2D eigenvalue weighted by atomic mass is 32.2. The van der Waals surface area contributed by atoms with Gasteiger partial charge in [-0.3, -0.25) is 4.79 Å². The topological polar surface area (TPSA) is 20.3 Å². The Kier molecular flexibility index (Phi) is 8.18. The van der Waals surface area contributed by atoms with E-state index in [0.29, 0.717) is 6.42 Å². The van der Waals surface area contributed by atoms with Crippen LogP contribution in [-0.2, 0) is 4.79 Å². The zero-order valence-corrected chi connectivity index (χ0v) is 10.8. The largest absolute Gasteiger partial charge is 0.361 e. The second-order valence-corrected chi connectivity index (χ2v) is 5.07. The minimum Gasteiger partial charge on any atom is -0.361 e. The molecule has 0 N–H and O–H groups in total. The predicted octanol–water partition coefficient (Wildman–Crippen LogP) is 2.72. The van der Waals surface area contributed by atoms with Gasteiger partial charge in [-0.2, -0.15) is 0 Å². The summed E-state index contributed by atoms with van der Waals surface area (Å²) in [6.07, 6.45) is 2.97. The molecule has 0 aromatic rings. The van der Waals surface area contributed by atoms with Crippen molar-refractivity contribution in [3.05, 3.63) is 0 Å². The molecule has 2 nitrogen and oxygen atoms in total. The fraction of sp³-hybridized carbons (Fsp3) is 0.800. The first-order chi connectivity index (χ1) is 6.57. The molecule has 0 aliphatic rings. The normalized spacial score (nSPS) is 9.93. The van der Waals surface area contributed by atoms with Gasteiger partial charge in [0.15, 0.2) is 0 Å². The number of thiocarbonyl (C=S) groups is 1. The van der Waals surface area contributed by atoms with Crippen LogP contribution in [0, 0.1) is 0 Å². The van der Waals surface area contributed by atoms with Gasteiger partial charge >= 0.3 is 0 Å². The molecule has 0 amide bonds. The molecule has 0 aromatic carbocycles. The van der Waals surface area contributed by atoms with Crippen molar-refractivity contribution >= 4 is 34.1 Å². The first-order valence-electron chi connectivity index (χ1n) is 4.95. The molecule has 0 radical (unpaired) electrons. The average Bonchev–Trinajstić information content (AvgIpc) is 2.13. The molecule has 0 unspecified atom stereocenters. The molecular weight excluding hydrogens is 214 g/mol. The summed E-state index contributed by atoms with van der Waals surface area (Å²) < 4.78 is 0.903. The summed E-state index contributed by atoms with van der Waals surface area (Å²) in [4.78, 5) is 12.8. The molecule has 0 atom stereocenters. The highest BCUT2D eigenvalue weighted by molar-refractivity contribution is 8.22. The van der Waals surface area contributed by atoms with E-state index in [1.165, 1.54) is 12.8 Å². The number of carbonyl (C=O) groups is 1. The fourth-order valence-electron chi connectivity index (χ4n) is 0.879. The summed E-state index contributed by atoms with van der Waals surface area (Å²) in [6.45, 7) is 4.80. The molecule has 0 aliphatic heterocycles. The number of hydrogen-bond donors (Lipinski definition) is 0. The molecule has 4 heteroatoms. The van der Waals surface area contributed by atoms with E-state index in [2.05, 4.69) is 11.8 Å². The van der Waals surface area contributed by atoms with Crippen LogP contribution in [0.1, 0.15) is 33.1 Å². The maximum Gasteiger partial charge on any atom is 0.136 e. The minimum atomic E-state index is 0.233. The van der Waals surface area contributed by atoms with Gasteiger partial charge in [0.1, 0.15) is 10.1 Å². The summed E-state index contributed by atoms with van der Waals surface area (Å²) in [5.41, 5.74) is 0. The van der Waals surface area contributed by atoms with Crippen molar-refractivity contribution in [1.29, 1.82) is 0 Å². The molecule has 0 rings (SSSR count). The Bertz CT molecular complexity index is 195. The number of carbonyl (C=O) groups excluding carboxylic acids is 1. The van der Waals surface area contributed by atoms with Gasteiger partial charge in [0.05, 0.1) is 0 Å². The Morgan fingerprint density at radius 1 is 1.50 bits per heavy atom. The van der Waals surface area contributed by atoms with Gasteiger partial charge in [0.25, 0.3) is 0 Å². The number of unbranched alkanes of at least 4 members (excludes halogenated alkanes) is 1. The molecule has 0 spiro atoms. The van der Waals surface area contributed by atoms with Crippen LogP contribution in [0.4, 0.5) is 0 Å². The van der Waals surface area contributed by atoms with Crippen molar-refractivity contribution < 1.29 is 4.79 Å². The monoisotopic (exact) mass is 233 g/mol. The lowest BCUT2D eigenvalue weighted by molar-refractivity contribution is -0.116. The second-order valence-electron chi connectivity index (χ2n) is 3.34. The van der Waals surface area contributed by atoms with Gasteiger partial charge < -0.3 is 4.90 Å². The lowest BCUT2D eigenvalue weighted by Gasteiger charge is -2.18. The average molecular weight is 233 g/mol. The highest BCUT2D eigenvalue weighted by Gasteiger charge is 2.04. The van der Waals surface area contributed by atoms with E-state index in [9.17, 15) is 4.79 Å². The lowest BCUT2D eigenvalue weighted by Crippen LogP contribution is -2.23. The zero-order chi connectivity index (χ0) is 11.0. The molecule has 0 aromatic heterocycles. The van der Waals surface area contributed by atoms with Crippen molar-refractivity contribution in [1.82, 2.24) is 4.90 Å². The van der Waals surface area contributed by atoms with Crippen molar-refractivity contribution in [2.24, 2.45) is 0 Å². The van der Waals surface area contributed by atoms with Crippen molar-refractivity contribution in [2.75, 3.05) is 19.3 Å². The van der Waals surface area contributed by atoms with E-state index in [4.69, 9.17) is 12.2 Å². The summed E-state index contributed by atoms with van der Waals surface area (Å²) in [6, 6.07) is 0. The molecule has 82 valence electrons. The van der Waals surface area contributed by atoms with Crippen LogP contribution in [0.2, 0.25) is 0 Å². The maximum absolute atomic E-state index is 10.7. The van der Waals surface area contributed by atoms with Crippen LogP contribution >= 0.6 is 24.0 Å². The quantitative estimate of drug-likeness (QED) is 0.657. The first kappa shape index (κ1) is 13.9. The number of thioether (sulfide) groups is 1. The van der Waals surface area contributed by atoms with E-state index in [0.717, 1.165) is 16.6 Å². The van der Waals surface area contributed by atoms with E-state index in [1.807, 2.05) is 7.05 Å². The van der Waals surface area contributed by atoms with Crippen molar-refractivity contribution in [3.63, 3.8) is 0 Å². The molecule has 0 heterocycles.